The predicted molar refractivity (Wildman–Crippen MR) is 49.2 cm³/mol. The van der Waals surface area contributed by atoms with Crippen LogP contribution in [0.1, 0.15) is 20.7 Å². The molecular formula is C9H9NO5. The van der Waals surface area contributed by atoms with Crippen molar-refractivity contribution in [3.8, 4) is 5.75 Å². The molecule has 0 aliphatic heterocycles. The highest BCUT2D eigenvalue weighted by Gasteiger charge is 2.17. The lowest BCUT2D eigenvalue weighted by molar-refractivity contribution is -0.0195. The van der Waals surface area contributed by atoms with Gasteiger partial charge in [-0.3, -0.25) is 9.59 Å². The Morgan fingerprint density at radius 2 is 1.87 bits per heavy atom. The summed E-state index contributed by atoms with van der Waals surface area (Å²) in [5.41, 5.74) is 4.56. The summed E-state index contributed by atoms with van der Waals surface area (Å²) in [5.74, 6) is -2.25. The molecule has 0 unspecified atom stereocenters. The van der Waals surface area contributed by atoms with Crippen LogP contribution in [0.4, 0.5) is 0 Å². The number of Topliss-reactive ketones (excluding diaryl/α,β-unsaturated/α-hetero) is 1. The van der Waals surface area contributed by atoms with E-state index in [4.69, 9.17) is 15.9 Å². The van der Waals surface area contributed by atoms with Crippen LogP contribution in [0.2, 0.25) is 0 Å². The Hall–Kier alpha value is -1.92. The first-order valence-electron chi connectivity index (χ1n) is 3.96. The van der Waals surface area contributed by atoms with Crippen LogP contribution in [0.15, 0.2) is 18.2 Å². The van der Waals surface area contributed by atoms with Crippen molar-refractivity contribution in [1.29, 1.82) is 0 Å². The zero-order valence-electron chi connectivity index (χ0n) is 7.54. The van der Waals surface area contributed by atoms with Crippen molar-refractivity contribution in [2.45, 2.75) is 6.29 Å². The maximum Gasteiger partial charge on any atom is 0.252 e. The molecule has 0 atom stereocenters. The zero-order valence-corrected chi connectivity index (χ0v) is 7.54. The maximum absolute atomic E-state index is 11.1. The first-order chi connectivity index (χ1) is 6.93. The molecule has 0 aromatic heterocycles. The average molecular weight is 211 g/mol. The first kappa shape index (κ1) is 11.2. The van der Waals surface area contributed by atoms with Crippen LogP contribution in [-0.4, -0.2) is 33.3 Å². The molecule has 0 saturated carbocycles. The fourth-order valence-corrected chi connectivity index (χ4v) is 1.04. The number of carbonyl (C=O) groups excluding carboxylic acids is 2. The molecular weight excluding hydrogens is 202 g/mol. The molecule has 5 N–H and O–H groups in total. The van der Waals surface area contributed by atoms with Crippen LogP contribution in [0, 0.1) is 0 Å². The number of rotatable bonds is 3. The molecule has 0 aliphatic carbocycles. The summed E-state index contributed by atoms with van der Waals surface area (Å²) in [6, 6.07) is 3.23. The van der Waals surface area contributed by atoms with E-state index in [9.17, 15) is 14.7 Å². The van der Waals surface area contributed by atoms with Crippen molar-refractivity contribution in [2.75, 3.05) is 0 Å². The van der Waals surface area contributed by atoms with Gasteiger partial charge in [0.15, 0.2) is 0 Å². The van der Waals surface area contributed by atoms with E-state index in [0.717, 1.165) is 18.2 Å². The summed E-state index contributed by atoms with van der Waals surface area (Å²) in [5, 5.41) is 26.4. The smallest absolute Gasteiger partial charge is 0.252 e. The van der Waals surface area contributed by atoms with Crippen LogP contribution in [0.5, 0.6) is 5.75 Å². The number of aliphatic hydroxyl groups is 2. The van der Waals surface area contributed by atoms with Crippen molar-refractivity contribution < 1.29 is 24.9 Å². The molecule has 0 fully saturated rings. The second-order valence-electron chi connectivity index (χ2n) is 2.83. The van der Waals surface area contributed by atoms with Gasteiger partial charge in [0.25, 0.3) is 5.91 Å². The quantitative estimate of drug-likeness (QED) is 0.377. The summed E-state index contributed by atoms with van der Waals surface area (Å²) < 4.78 is 0. The van der Waals surface area contributed by atoms with Crippen molar-refractivity contribution in [1.82, 2.24) is 0 Å². The van der Waals surface area contributed by atoms with Gasteiger partial charge >= 0.3 is 0 Å². The second kappa shape index (κ2) is 4.07. The molecule has 6 nitrogen and oxygen atoms in total. The molecule has 15 heavy (non-hydrogen) atoms. The predicted octanol–water partition coefficient (Wildman–Crippen LogP) is -1.02. The Morgan fingerprint density at radius 3 is 2.33 bits per heavy atom. The van der Waals surface area contributed by atoms with Crippen molar-refractivity contribution >= 4 is 11.7 Å². The number of carbonyl (C=O) groups is 2. The molecule has 1 rings (SSSR count). The second-order valence-corrected chi connectivity index (χ2v) is 2.83. The topological polar surface area (TPSA) is 121 Å². The minimum absolute atomic E-state index is 0.114. The SMILES string of the molecule is NC(=O)c1cc(C(=O)C(O)O)ccc1O. The fourth-order valence-electron chi connectivity index (χ4n) is 1.04. The number of amides is 1. The van der Waals surface area contributed by atoms with Gasteiger partial charge in [0, 0.05) is 5.56 Å². The third-order valence-corrected chi connectivity index (χ3v) is 1.78. The number of hydrogen-bond donors (Lipinski definition) is 4. The molecule has 1 aromatic carbocycles. The molecule has 0 spiro atoms. The zero-order chi connectivity index (χ0) is 11.6. The highest BCUT2D eigenvalue weighted by atomic mass is 16.5. The lowest BCUT2D eigenvalue weighted by atomic mass is 10.1. The number of nitrogens with two attached hydrogens (primary N) is 1. The van der Waals surface area contributed by atoms with Gasteiger partial charge in [0.1, 0.15) is 5.75 Å². The van der Waals surface area contributed by atoms with Crippen LogP contribution >= 0.6 is 0 Å². The van der Waals surface area contributed by atoms with Gasteiger partial charge in [-0.05, 0) is 18.2 Å². The molecule has 0 aliphatic rings. The van der Waals surface area contributed by atoms with Gasteiger partial charge in [0.2, 0.25) is 12.1 Å². The molecule has 0 bridgehead atoms. The number of primary amides is 1. The summed E-state index contributed by atoms with van der Waals surface area (Å²) in [7, 11) is 0. The van der Waals surface area contributed by atoms with E-state index >= 15 is 0 Å². The van der Waals surface area contributed by atoms with Gasteiger partial charge in [-0.2, -0.15) is 0 Å². The largest absolute Gasteiger partial charge is 0.507 e. The standard InChI is InChI=1S/C9H9NO5/c10-8(13)5-3-4(1-2-6(5)11)7(12)9(14)15/h1-3,9,11,14-15H,(H2,10,13). The number of hydrogen-bond acceptors (Lipinski definition) is 5. The van der Waals surface area contributed by atoms with E-state index in [1.807, 2.05) is 0 Å². The highest BCUT2D eigenvalue weighted by Crippen LogP contribution is 2.18. The Labute approximate surface area is 84.6 Å². The molecule has 80 valence electrons. The Balaban J connectivity index is 3.19. The Morgan fingerprint density at radius 1 is 1.27 bits per heavy atom. The first-order valence-corrected chi connectivity index (χ1v) is 3.96. The van der Waals surface area contributed by atoms with E-state index in [-0.39, 0.29) is 16.9 Å². The fraction of sp³-hybridized carbons (Fsp3) is 0.111. The lowest BCUT2D eigenvalue weighted by Gasteiger charge is -2.05. The van der Waals surface area contributed by atoms with Crippen molar-refractivity contribution in [3.63, 3.8) is 0 Å². The number of benzene rings is 1. The van der Waals surface area contributed by atoms with Gasteiger partial charge in [-0.25, -0.2) is 0 Å². The minimum atomic E-state index is -2.16. The Bertz CT molecular complexity index is 413. The summed E-state index contributed by atoms with van der Waals surface area (Å²) >= 11 is 0. The Kier molecular flexibility index (Phi) is 3.03. The van der Waals surface area contributed by atoms with E-state index in [2.05, 4.69) is 0 Å². The maximum atomic E-state index is 11.1. The van der Waals surface area contributed by atoms with Crippen LogP contribution in [0.3, 0.4) is 0 Å². The molecule has 0 radical (unpaired) electrons. The monoisotopic (exact) mass is 211 g/mol. The normalized spacial score (nSPS) is 10.3. The number of ketones is 1. The third-order valence-electron chi connectivity index (χ3n) is 1.78. The molecule has 6 heteroatoms. The molecule has 0 saturated heterocycles. The third kappa shape index (κ3) is 2.30. The van der Waals surface area contributed by atoms with Crippen molar-refractivity contribution in [3.05, 3.63) is 29.3 Å². The van der Waals surface area contributed by atoms with Crippen LogP contribution < -0.4 is 5.73 Å². The lowest BCUT2D eigenvalue weighted by Crippen LogP contribution is -2.20. The highest BCUT2D eigenvalue weighted by molar-refractivity contribution is 6.02. The van der Waals surface area contributed by atoms with E-state index in [1.54, 1.807) is 0 Å². The summed E-state index contributed by atoms with van der Waals surface area (Å²) in [6.07, 6.45) is -2.16. The van der Waals surface area contributed by atoms with Crippen LogP contribution in [0.25, 0.3) is 0 Å². The molecule has 1 amide bonds. The summed E-state index contributed by atoms with van der Waals surface area (Å²) in [6.45, 7) is 0. The molecule has 1 aromatic rings. The van der Waals surface area contributed by atoms with Gasteiger partial charge in [-0.1, -0.05) is 0 Å². The van der Waals surface area contributed by atoms with Gasteiger partial charge in [0.05, 0.1) is 5.56 Å². The minimum Gasteiger partial charge on any atom is -0.507 e. The molecule has 0 heterocycles. The van der Waals surface area contributed by atoms with Crippen molar-refractivity contribution in [2.24, 2.45) is 5.73 Å². The van der Waals surface area contributed by atoms with E-state index in [0.29, 0.717) is 0 Å². The van der Waals surface area contributed by atoms with E-state index < -0.39 is 18.0 Å². The summed E-state index contributed by atoms with van der Waals surface area (Å²) in [4.78, 5) is 21.9. The number of aliphatic hydroxyl groups excluding tert-OH is 1. The van der Waals surface area contributed by atoms with Gasteiger partial charge in [-0.15, -0.1) is 0 Å². The van der Waals surface area contributed by atoms with Gasteiger partial charge < -0.3 is 21.1 Å². The number of aromatic hydroxyl groups is 1. The number of phenols is 1. The van der Waals surface area contributed by atoms with Crippen LogP contribution in [-0.2, 0) is 0 Å². The average Bonchev–Trinajstić information content (AvgIpc) is 2.16. The van der Waals surface area contributed by atoms with E-state index in [1.165, 1.54) is 0 Å².